The molecule has 1 unspecified atom stereocenters. The van der Waals surface area contributed by atoms with Crippen molar-refractivity contribution in [3.8, 4) is 5.75 Å². The topological polar surface area (TPSA) is 213 Å². The van der Waals surface area contributed by atoms with E-state index in [1.165, 1.54) is 6.07 Å². The van der Waals surface area contributed by atoms with Crippen LogP contribution in [0.25, 0.3) is 0 Å². The fourth-order valence-electron chi connectivity index (χ4n) is 1.73. The lowest BCUT2D eigenvalue weighted by Crippen LogP contribution is -2.36. The molecule has 0 heterocycles. The second-order valence-electron chi connectivity index (χ2n) is 4.72. The zero-order valence-corrected chi connectivity index (χ0v) is 12.6. The molecule has 2 N–H and O–H groups in total. The van der Waals surface area contributed by atoms with Crippen molar-refractivity contribution in [2.45, 2.75) is 12.1 Å². The van der Waals surface area contributed by atoms with Gasteiger partial charge in [-0.25, -0.2) is 0 Å². The average Bonchev–Trinajstić information content (AvgIpc) is 2.55. The number of phenols is 1. The van der Waals surface area contributed by atoms with Crippen LogP contribution in [-0.4, -0.2) is 35.6 Å². The molecule has 0 saturated heterocycles. The van der Waals surface area contributed by atoms with Crippen molar-refractivity contribution >= 4 is 11.4 Å². The van der Waals surface area contributed by atoms with E-state index in [4.69, 9.17) is 5.11 Å². The molecular formula is C12H10N4O10. The number of nitrogens with zero attached hydrogens (tertiary/aromatic N) is 4. The highest BCUT2D eigenvalue weighted by molar-refractivity contribution is 5.60. The number of nitro benzene ring substituents is 2. The van der Waals surface area contributed by atoms with Crippen molar-refractivity contribution in [1.82, 2.24) is 0 Å². The molecule has 1 aromatic rings. The zero-order chi connectivity index (χ0) is 20.1. The maximum absolute atomic E-state index is 10.3. The number of hydrogen-bond acceptors (Lipinski definition) is 10. The quantitative estimate of drug-likeness (QED) is 0.439. The van der Waals surface area contributed by atoms with Crippen LogP contribution in [0.3, 0.4) is 0 Å². The molecule has 0 spiro atoms. The molecule has 138 valence electrons. The summed E-state index contributed by atoms with van der Waals surface area (Å²) in [5, 5.41) is 59.1. The SMILES string of the molecule is O=[N+]([O-])C1=CCC(O)([N+](=O)[O-])C=C1.O=[N+]([O-])c1cccc(O)c1[N+](=O)[O-]. The zero-order valence-electron chi connectivity index (χ0n) is 12.6. The van der Waals surface area contributed by atoms with Crippen LogP contribution >= 0.6 is 0 Å². The number of para-hydroxylation sites is 1. The highest BCUT2D eigenvalue weighted by Gasteiger charge is 2.39. The van der Waals surface area contributed by atoms with Crippen LogP contribution in [0.5, 0.6) is 5.75 Å². The Morgan fingerprint density at radius 3 is 1.92 bits per heavy atom. The van der Waals surface area contributed by atoms with Crippen LogP contribution < -0.4 is 0 Å². The molecule has 0 saturated carbocycles. The third-order valence-electron chi connectivity index (χ3n) is 3.03. The number of benzene rings is 1. The first-order valence-electron chi connectivity index (χ1n) is 6.51. The summed E-state index contributed by atoms with van der Waals surface area (Å²) in [7, 11) is 0. The molecule has 14 heteroatoms. The van der Waals surface area contributed by atoms with E-state index in [1.807, 2.05) is 0 Å². The lowest BCUT2D eigenvalue weighted by atomic mass is 10.0. The molecule has 0 bridgehead atoms. The molecule has 0 amide bonds. The lowest BCUT2D eigenvalue weighted by molar-refractivity contribution is -0.607. The van der Waals surface area contributed by atoms with Crippen LogP contribution in [0.4, 0.5) is 11.4 Å². The summed E-state index contributed by atoms with van der Waals surface area (Å²) in [6, 6.07) is 3.14. The van der Waals surface area contributed by atoms with Gasteiger partial charge in [-0.3, -0.25) is 40.5 Å². The maximum Gasteiger partial charge on any atom is 0.387 e. The van der Waals surface area contributed by atoms with E-state index in [2.05, 4.69) is 0 Å². The first-order valence-corrected chi connectivity index (χ1v) is 6.51. The minimum Gasteiger partial charge on any atom is -0.502 e. The average molecular weight is 370 g/mol. The Labute approximate surface area is 142 Å². The van der Waals surface area contributed by atoms with E-state index in [1.54, 1.807) is 0 Å². The number of aromatic hydroxyl groups is 1. The predicted octanol–water partition coefficient (Wildman–Crippen LogP) is 1.28. The minimum absolute atomic E-state index is 0.244. The van der Waals surface area contributed by atoms with Gasteiger partial charge in [0.25, 0.3) is 5.70 Å². The van der Waals surface area contributed by atoms with Gasteiger partial charge in [0.2, 0.25) is 5.75 Å². The molecule has 14 nitrogen and oxygen atoms in total. The number of phenolic OH excluding ortho intramolecular Hbond substituents is 1. The van der Waals surface area contributed by atoms with Gasteiger partial charge in [0.1, 0.15) is 0 Å². The molecule has 0 radical (unpaired) electrons. The van der Waals surface area contributed by atoms with E-state index >= 15 is 0 Å². The predicted molar refractivity (Wildman–Crippen MR) is 82.2 cm³/mol. The van der Waals surface area contributed by atoms with Crippen LogP contribution in [-0.2, 0) is 0 Å². The van der Waals surface area contributed by atoms with Gasteiger partial charge in [0.15, 0.2) is 0 Å². The van der Waals surface area contributed by atoms with Gasteiger partial charge in [-0.2, -0.15) is 0 Å². The molecule has 0 fully saturated rings. The van der Waals surface area contributed by atoms with Crippen molar-refractivity contribution in [3.63, 3.8) is 0 Å². The van der Waals surface area contributed by atoms with Crippen molar-refractivity contribution in [2.75, 3.05) is 0 Å². The molecule has 26 heavy (non-hydrogen) atoms. The normalized spacial score (nSPS) is 18.1. The molecular weight excluding hydrogens is 360 g/mol. The van der Waals surface area contributed by atoms with Crippen LogP contribution in [0.2, 0.25) is 0 Å². The van der Waals surface area contributed by atoms with Gasteiger partial charge < -0.3 is 10.2 Å². The third-order valence-corrected chi connectivity index (χ3v) is 3.03. The first-order chi connectivity index (χ1) is 12.0. The highest BCUT2D eigenvalue weighted by Crippen LogP contribution is 2.34. The molecule has 0 aromatic heterocycles. The molecule has 1 aliphatic carbocycles. The monoisotopic (exact) mass is 370 g/mol. The lowest BCUT2D eigenvalue weighted by Gasteiger charge is -2.14. The second-order valence-corrected chi connectivity index (χ2v) is 4.72. The van der Waals surface area contributed by atoms with Crippen molar-refractivity contribution < 1.29 is 29.9 Å². The van der Waals surface area contributed by atoms with E-state index in [0.717, 1.165) is 30.4 Å². The molecule has 0 aliphatic heterocycles. The second kappa shape index (κ2) is 7.75. The standard InChI is InChI=1S/C6H6N2O5.C6H4N2O5/c9-6(8(12)13)3-1-5(2-4-6)7(10)11;9-5-3-1-2-4(7(10)11)6(5)8(12)13/h1-3,9H,4H2;1-3,9H. The van der Waals surface area contributed by atoms with Gasteiger partial charge in [0, 0.05) is 24.3 Å². The highest BCUT2D eigenvalue weighted by atomic mass is 16.7. The Balaban J connectivity index is 0.000000260. The molecule has 2 rings (SSSR count). The Kier molecular flexibility index (Phi) is 6.00. The summed E-state index contributed by atoms with van der Waals surface area (Å²) in [6.07, 6.45) is 2.37. The van der Waals surface area contributed by atoms with Crippen LogP contribution in [0.15, 0.2) is 42.1 Å². The van der Waals surface area contributed by atoms with Crippen LogP contribution in [0.1, 0.15) is 6.42 Å². The summed E-state index contributed by atoms with van der Waals surface area (Å²) >= 11 is 0. The summed E-state index contributed by atoms with van der Waals surface area (Å²) in [6.45, 7) is 0. The largest absolute Gasteiger partial charge is 0.502 e. The maximum atomic E-state index is 10.3. The number of allylic oxidation sites excluding steroid dienone is 1. The summed E-state index contributed by atoms with van der Waals surface area (Å²) in [4.78, 5) is 37.5. The molecule has 1 atom stereocenters. The minimum atomic E-state index is -2.19. The number of rotatable bonds is 4. The summed E-state index contributed by atoms with van der Waals surface area (Å²) < 4.78 is 0. The van der Waals surface area contributed by atoms with Gasteiger partial charge in [-0.1, -0.05) is 6.07 Å². The fourth-order valence-corrected chi connectivity index (χ4v) is 1.73. The van der Waals surface area contributed by atoms with E-state index in [0.29, 0.717) is 0 Å². The number of aliphatic hydroxyl groups is 1. The van der Waals surface area contributed by atoms with E-state index in [-0.39, 0.29) is 12.1 Å². The Morgan fingerprint density at radius 1 is 0.962 bits per heavy atom. The van der Waals surface area contributed by atoms with Crippen molar-refractivity contribution in [3.05, 3.63) is 82.6 Å². The van der Waals surface area contributed by atoms with Gasteiger partial charge >= 0.3 is 17.1 Å². The fraction of sp³-hybridized carbons (Fsp3) is 0.167. The number of nitro groups is 4. The summed E-state index contributed by atoms with van der Waals surface area (Å²) in [5.41, 5.74) is -4.04. The number of hydrogen-bond donors (Lipinski definition) is 2. The Bertz CT molecular complexity index is 833. The van der Waals surface area contributed by atoms with Crippen molar-refractivity contribution in [1.29, 1.82) is 0 Å². The third kappa shape index (κ3) is 4.54. The van der Waals surface area contributed by atoms with Crippen molar-refractivity contribution in [2.24, 2.45) is 0 Å². The molecule has 1 aromatic carbocycles. The van der Waals surface area contributed by atoms with Crippen LogP contribution in [0, 0.1) is 40.5 Å². The smallest absolute Gasteiger partial charge is 0.387 e. The van der Waals surface area contributed by atoms with Gasteiger partial charge in [-0.05, 0) is 6.07 Å². The van der Waals surface area contributed by atoms with E-state index < -0.39 is 42.5 Å². The first kappa shape index (κ1) is 20.1. The van der Waals surface area contributed by atoms with Gasteiger partial charge in [-0.15, -0.1) is 0 Å². The molecule has 1 aliphatic rings. The van der Waals surface area contributed by atoms with Gasteiger partial charge in [0.05, 0.1) is 26.1 Å². The Hall–Kier alpha value is -3.94. The summed E-state index contributed by atoms with van der Waals surface area (Å²) in [5.74, 6) is -0.709. The Morgan fingerprint density at radius 2 is 1.58 bits per heavy atom. The van der Waals surface area contributed by atoms with E-state index in [9.17, 15) is 45.6 Å².